The van der Waals surface area contributed by atoms with E-state index in [2.05, 4.69) is 0 Å². The molecule has 4 rings (SSSR count). The van der Waals surface area contributed by atoms with Crippen molar-refractivity contribution in [1.29, 1.82) is 0 Å². The molecule has 102 valence electrons. The van der Waals surface area contributed by atoms with E-state index in [-0.39, 0.29) is 11.2 Å². The Morgan fingerprint density at radius 3 is 2.61 bits per heavy atom. The second kappa shape index (κ2) is 3.94. The lowest BCUT2D eigenvalue weighted by atomic mass is 9.68. The van der Waals surface area contributed by atoms with E-state index in [1.807, 2.05) is 0 Å². The first-order chi connectivity index (χ1) is 8.70. The molecule has 3 nitrogen and oxygen atoms in total. The molecule has 5 atom stereocenters. The SMILES string of the molecule is OC1(C2CCOC3(CCOC3)C2)CC2CCC1C2. The van der Waals surface area contributed by atoms with Crippen molar-refractivity contribution in [2.75, 3.05) is 19.8 Å². The van der Waals surface area contributed by atoms with Gasteiger partial charge in [0.1, 0.15) is 0 Å². The molecule has 0 amide bonds. The van der Waals surface area contributed by atoms with Gasteiger partial charge in [-0.15, -0.1) is 0 Å². The van der Waals surface area contributed by atoms with E-state index in [1.54, 1.807) is 0 Å². The van der Waals surface area contributed by atoms with Crippen molar-refractivity contribution >= 4 is 0 Å². The highest BCUT2D eigenvalue weighted by atomic mass is 16.6. The molecule has 2 saturated heterocycles. The molecule has 2 heterocycles. The largest absolute Gasteiger partial charge is 0.389 e. The first-order valence-corrected chi connectivity index (χ1v) is 7.64. The third-order valence-electron chi connectivity index (χ3n) is 6.13. The molecule has 2 aliphatic heterocycles. The van der Waals surface area contributed by atoms with E-state index in [1.165, 1.54) is 19.3 Å². The Balaban J connectivity index is 1.54. The second-order valence-electron chi connectivity index (χ2n) is 7.10. The predicted octanol–water partition coefficient (Wildman–Crippen LogP) is 2.12. The van der Waals surface area contributed by atoms with Crippen LogP contribution in [-0.2, 0) is 9.47 Å². The highest BCUT2D eigenvalue weighted by Gasteiger charge is 2.56. The van der Waals surface area contributed by atoms with Gasteiger partial charge in [0, 0.05) is 19.6 Å². The normalized spacial score (nSPS) is 55.5. The van der Waals surface area contributed by atoms with Gasteiger partial charge in [-0.2, -0.15) is 0 Å². The zero-order valence-electron chi connectivity index (χ0n) is 11.1. The second-order valence-corrected chi connectivity index (χ2v) is 7.10. The average molecular weight is 252 g/mol. The molecule has 2 bridgehead atoms. The number of ether oxygens (including phenoxy) is 2. The molecular formula is C15H24O3. The molecule has 2 aliphatic carbocycles. The molecule has 4 aliphatic rings. The summed E-state index contributed by atoms with van der Waals surface area (Å²) in [4.78, 5) is 0. The summed E-state index contributed by atoms with van der Waals surface area (Å²) in [5, 5.41) is 11.2. The van der Waals surface area contributed by atoms with Crippen LogP contribution in [0.15, 0.2) is 0 Å². The van der Waals surface area contributed by atoms with Crippen molar-refractivity contribution in [3.63, 3.8) is 0 Å². The van der Waals surface area contributed by atoms with Crippen molar-refractivity contribution in [2.24, 2.45) is 17.8 Å². The number of hydrogen-bond donors (Lipinski definition) is 1. The number of hydrogen-bond acceptors (Lipinski definition) is 3. The van der Waals surface area contributed by atoms with Crippen LogP contribution in [0, 0.1) is 17.8 Å². The first-order valence-electron chi connectivity index (χ1n) is 7.64. The Labute approximate surface area is 109 Å². The summed E-state index contributed by atoms with van der Waals surface area (Å²) in [7, 11) is 0. The van der Waals surface area contributed by atoms with Crippen molar-refractivity contribution < 1.29 is 14.6 Å². The van der Waals surface area contributed by atoms with E-state index in [4.69, 9.17) is 9.47 Å². The Hall–Kier alpha value is -0.120. The lowest BCUT2D eigenvalue weighted by molar-refractivity contribution is -0.157. The fraction of sp³-hybridized carbons (Fsp3) is 1.00. The minimum atomic E-state index is -0.373. The van der Waals surface area contributed by atoms with Gasteiger partial charge in [0.05, 0.1) is 17.8 Å². The summed E-state index contributed by atoms with van der Waals surface area (Å²) in [6.07, 6.45) is 8.02. The molecule has 4 fully saturated rings. The van der Waals surface area contributed by atoms with Crippen LogP contribution in [0.25, 0.3) is 0 Å². The molecule has 18 heavy (non-hydrogen) atoms. The van der Waals surface area contributed by atoms with E-state index in [0.29, 0.717) is 11.8 Å². The van der Waals surface area contributed by atoms with Crippen molar-refractivity contribution in [1.82, 2.24) is 0 Å². The van der Waals surface area contributed by atoms with E-state index >= 15 is 0 Å². The summed E-state index contributed by atoms with van der Waals surface area (Å²) < 4.78 is 11.5. The van der Waals surface area contributed by atoms with Gasteiger partial charge in [-0.3, -0.25) is 0 Å². The maximum Gasteiger partial charge on any atom is 0.0940 e. The average Bonchev–Trinajstić information content (AvgIpc) is 3.06. The molecule has 5 unspecified atom stereocenters. The number of fused-ring (bicyclic) bond motifs is 2. The third-order valence-corrected chi connectivity index (χ3v) is 6.13. The molecule has 3 heteroatoms. The van der Waals surface area contributed by atoms with Gasteiger partial charge in [0.25, 0.3) is 0 Å². The van der Waals surface area contributed by atoms with Crippen LogP contribution in [-0.4, -0.2) is 36.1 Å². The highest BCUT2D eigenvalue weighted by molar-refractivity contribution is 5.07. The van der Waals surface area contributed by atoms with Crippen LogP contribution < -0.4 is 0 Å². The van der Waals surface area contributed by atoms with Crippen LogP contribution in [0.3, 0.4) is 0 Å². The molecule has 0 radical (unpaired) electrons. The Bertz CT molecular complexity index is 337. The van der Waals surface area contributed by atoms with Gasteiger partial charge in [0.15, 0.2) is 0 Å². The van der Waals surface area contributed by atoms with Crippen molar-refractivity contribution in [3.05, 3.63) is 0 Å². The zero-order chi connectivity index (χ0) is 12.2. The minimum absolute atomic E-state index is 0.0551. The molecule has 0 aromatic carbocycles. The molecule has 0 aromatic heterocycles. The van der Waals surface area contributed by atoms with Crippen LogP contribution in [0.2, 0.25) is 0 Å². The summed E-state index contributed by atoms with van der Waals surface area (Å²) in [6.45, 7) is 2.39. The molecule has 0 aromatic rings. The van der Waals surface area contributed by atoms with Gasteiger partial charge in [-0.25, -0.2) is 0 Å². The predicted molar refractivity (Wildman–Crippen MR) is 67.2 cm³/mol. The topological polar surface area (TPSA) is 38.7 Å². The van der Waals surface area contributed by atoms with Crippen LogP contribution in [0.4, 0.5) is 0 Å². The van der Waals surface area contributed by atoms with Crippen LogP contribution >= 0.6 is 0 Å². The van der Waals surface area contributed by atoms with Crippen molar-refractivity contribution in [2.45, 2.75) is 56.1 Å². The molecule has 1 spiro atoms. The van der Waals surface area contributed by atoms with E-state index in [0.717, 1.165) is 51.4 Å². The summed E-state index contributed by atoms with van der Waals surface area (Å²) in [6, 6.07) is 0. The highest BCUT2D eigenvalue weighted by Crippen LogP contribution is 2.56. The summed E-state index contributed by atoms with van der Waals surface area (Å²) in [5.41, 5.74) is -0.428. The van der Waals surface area contributed by atoms with Crippen LogP contribution in [0.1, 0.15) is 44.9 Å². The zero-order valence-corrected chi connectivity index (χ0v) is 11.1. The lowest BCUT2D eigenvalue weighted by Gasteiger charge is -2.46. The van der Waals surface area contributed by atoms with Gasteiger partial charge >= 0.3 is 0 Å². The van der Waals surface area contributed by atoms with E-state index < -0.39 is 0 Å². The maximum atomic E-state index is 11.2. The fourth-order valence-electron chi connectivity index (χ4n) is 5.16. The lowest BCUT2D eigenvalue weighted by Crippen LogP contribution is -2.51. The Morgan fingerprint density at radius 1 is 1.00 bits per heavy atom. The van der Waals surface area contributed by atoms with Gasteiger partial charge < -0.3 is 14.6 Å². The molecule has 2 saturated carbocycles. The summed E-state index contributed by atoms with van der Waals surface area (Å²) in [5.74, 6) is 1.83. The minimum Gasteiger partial charge on any atom is -0.389 e. The Kier molecular flexibility index (Phi) is 2.56. The first kappa shape index (κ1) is 11.7. The standard InChI is InChI=1S/C15H24O3/c16-15(8-11-1-2-12(15)7-11)13-3-5-18-14(9-13)4-6-17-10-14/h11-13,16H,1-10H2. The number of rotatable bonds is 1. The van der Waals surface area contributed by atoms with Gasteiger partial charge in [-0.05, 0) is 56.3 Å². The third kappa shape index (κ3) is 1.60. The van der Waals surface area contributed by atoms with Crippen molar-refractivity contribution in [3.8, 4) is 0 Å². The van der Waals surface area contributed by atoms with Gasteiger partial charge in [0.2, 0.25) is 0 Å². The quantitative estimate of drug-likeness (QED) is 0.777. The number of aliphatic hydroxyl groups is 1. The monoisotopic (exact) mass is 252 g/mol. The maximum absolute atomic E-state index is 11.2. The molecular weight excluding hydrogens is 228 g/mol. The molecule has 1 N–H and O–H groups in total. The summed E-state index contributed by atoms with van der Waals surface area (Å²) >= 11 is 0. The van der Waals surface area contributed by atoms with Gasteiger partial charge in [-0.1, -0.05) is 0 Å². The Morgan fingerprint density at radius 2 is 1.94 bits per heavy atom. The fourth-order valence-corrected chi connectivity index (χ4v) is 5.16. The van der Waals surface area contributed by atoms with E-state index in [9.17, 15) is 5.11 Å². The van der Waals surface area contributed by atoms with Crippen LogP contribution in [0.5, 0.6) is 0 Å². The smallest absolute Gasteiger partial charge is 0.0940 e.